The molecule has 0 atom stereocenters. The summed E-state index contributed by atoms with van der Waals surface area (Å²) in [5, 5.41) is 0. The molecule has 0 amide bonds. The zero-order valence-electron chi connectivity index (χ0n) is 35.2. The molecule has 7 aromatic carbocycles. The van der Waals surface area contributed by atoms with Gasteiger partial charge in [0.25, 0.3) is 0 Å². The van der Waals surface area contributed by atoms with Gasteiger partial charge in [0.1, 0.15) is 78.5 Å². The van der Waals surface area contributed by atoms with Crippen molar-refractivity contribution in [2.24, 2.45) is 0 Å². The minimum atomic E-state index is -1.20. The van der Waals surface area contributed by atoms with Crippen LogP contribution in [0.25, 0.3) is 39.0 Å². The molecule has 1 nitrogen and oxygen atoms in total. The highest BCUT2D eigenvalue weighted by Gasteiger charge is 2.54. The Morgan fingerprint density at radius 3 is 1.60 bits per heavy atom. The summed E-state index contributed by atoms with van der Waals surface area (Å²) in [5.41, 5.74) is 13.3. The Bertz CT molecular complexity index is 3000. The third-order valence-corrected chi connectivity index (χ3v) is 12.2. The molecule has 12 heteroatoms. The molecule has 2 aliphatic rings. The minimum Gasteiger partial charge on any atom is -0.310 e. The van der Waals surface area contributed by atoms with Gasteiger partial charge in [-0.3, -0.25) is 0 Å². The van der Waals surface area contributed by atoms with Gasteiger partial charge in [-0.05, 0) is 92.4 Å². The summed E-state index contributed by atoms with van der Waals surface area (Å²) in [7, 11) is 73.2. The Kier molecular flexibility index (Phi) is 11.9. The number of rotatable bonds is 7. The third-order valence-electron chi connectivity index (χ3n) is 12.2. The van der Waals surface area contributed by atoms with Crippen molar-refractivity contribution in [3.8, 4) is 33.4 Å². The van der Waals surface area contributed by atoms with Crippen LogP contribution in [0.15, 0.2) is 140 Å². The van der Waals surface area contributed by atoms with Gasteiger partial charge < -0.3 is 4.90 Å². The monoisotopic (exact) mass is 777 g/mol. The first-order valence-electron chi connectivity index (χ1n) is 20.3. The zero-order chi connectivity index (χ0) is 45.1. The number of nitrogens with zero attached hydrogens (tertiary/aromatic N) is 1. The van der Waals surface area contributed by atoms with E-state index in [9.17, 15) is 0 Å². The lowest BCUT2D eigenvalue weighted by molar-refractivity contribution is 0.797. The van der Waals surface area contributed by atoms with Crippen LogP contribution in [-0.2, 0) is 5.41 Å². The van der Waals surface area contributed by atoms with E-state index in [2.05, 4.69) is 67.9 Å². The van der Waals surface area contributed by atoms with Gasteiger partial charge >= 0.3 is 0 Å². The summed E-state index contributed by atoms with van der Waals surface area (Å²) in [6.07, 6.45) is 7.77. The van der Waals surface area contributed by atoms with Crippen molar-refractivity contribution < 1.29 is 0 Å². The highest BCUT2D eigenvalue weighted by atomic mass is 15.1. The fraction of sp³-hybridized carbons (Fsp3) is 0.0588. The Morgan fingerprint density at radius 2 is 1.03 bits per heavy atom. The fourth-order valence-electron chi connectivity index (χ4n) is 9.40. The largest absolute Gasteiger partial charge is 0.310 e. The topological polar surface area (TPSA) is 3.24 Å². The van der Waals surface area contributed by atoms with Gasteiger partial charge in [0.15, 0.2) is 0 Å². The van der Waals surface area contributed by atoms with Crippen molar-refractivity contribution in [1.29, 1.82) is 0 Å². The van der Waals surface area contributed by atoms with Crippen LogP contribution in [0.3, 0.4) is 0 Å². The average Bonchev–Trinajstić information content (AvgIpc) is 3.75. The molecule has 272 valence electrons. The average molecular weight is 776 g/mol. The van der Waals surface area contributed by atoms with E-state index in [1.54, 1.807) is 12.1 Å². The molecular formula is C51H30B11N. The van der Waals surface area contributed by atoms with Crippen LogP contribution in [0.2, 0.25) is 6.82 Å². The predicted molar refractivity (Wildman–Crippen MR) is 281 cm³/mol. The maximum atomic E-state index is 7.32. The summed E-state index contributed by atoms with van der Waals surface area (Å²) in [6, 6.07) is 36.0. The third kappa shape index (κ3) is 6.70. The standard InChI is InChI=1S/C50H27B10N.CH3B/c1-3-9-25(10-4-2)28-13-8-14-30(21-28)61(29-17-15-27(16-18-29)26-11-6-5-7-12-26)49-42-34(24-38(54)46(49)58)50(31-19-20-35(51)43(55)39(31)42)32-22-36(52)44(56)47(59)40(32)41-33(50)23-37(53)45(57)48(41)60;1-2/h3-24H,1H2,2H3;1H3/b10-4-,25-9+;. The highest BCUT2D eigenvalue weighted by molar-refractivity contribution is 6.62. The molecule has 0 aromatic heterocycles. The molecule has 0 aliphatic heterocycles. The van der Waals surface area contributed by atoms with Gasteiger partial charge in [-0.25, -0.2) is 0 Å². The SMILES string of the molecule is [B]C.[B]c1cc2c(c([B])c1[B])-c1c(cc([B])c([B])c1[B])C21c2ccc([B])c([B])c2-c2c1cc([B])c([B])c2N(c1ccc(-c2ccccc2)cc1)c1cccc(C(/C=C\C)=C/C=C)c1. The summed E-state index contributed by atoms with van der Waals surface area (Å²) >= 11 is 0. The van der Waals surface area contributed by atoms with Gasteiger partial charge in [-0.15, -0.1) is 32.8 Å². The van der Waals surface area contributed by atoms with Gasteiger partial charge in [0, 0.05) is 22.6 Å². The van der Waals surface area contributed by atoms with E-state index in [1.807, 2.05) is 79.7 Å². The van der Waals surface area contributed by atoms with E-state index in [0.29, 0.717) is 60.9 Å². The molecular weight excluding hydrogens is 745 g/mol. The Morgan fingerprint density at radius 1 is 0.492 bits per heavy atom. The second-order valence-electron chi connectivity index (χ2n) is 15.5. The molecule has 7 aromatic rings. The Balaban J connectivity index is 0.00000268. The van der Waals surface area contributed by atoms with Crippen molar-refractivity contribution in [2.75, 3.05) is 4.90 Å². The molecule has 0 saturated carbocycles. The highest BCUT2D eigenvalue weighted by Crippen LogP contribution is 2.63. The van der Waals surface area contributed by atoms with E-state index in [0.717, 1.165) is 44.8 Å². The number of hydrogen-bond acceptors (Lipinski definition) is 1. The molecule has 0 heterocycles. The second-order valence-corrected chi connectivity index (χ2v) is 15.5. The lowest BCUT2D eigenvalue weighted by Crippen LogP contribution is -2.43. The maximum Gasteiger partial charge on any atom is 0.115 e. The summed E-state index contributed by atoms with van der Waals surface area (Å²) in [4.78, 5) is 2.11. The molecule has 0 saturated heterocycles. The summed E-state index contributed by atoms with van der Waals surface area (Å²) in [6.45, 7) is 7.45. The van der Waals surface area contributed by atoms with Crippen molar-refractivity contribution in [3.05, 3.63) is 168 Å². The fourth-order valence-corrected chi connectivity index (χ4v) is 9.40. The van der Waals surface area contributed by atoms with Crippen LogP contribution in [-0.4, -0.2) is 86.3 Å². The lowest BCUT2D eigenvalue weighted by atomic mass is 9.63. The molecule has 0 fully saturated rings. The van der Waals surface area contributed by atoms with Gasteiger partial charge in [0.2, 0.25) is 0 Å². The summed E-state index contributed by atoms with van der Waals surface area (Å²) in [5.74, 6) is 0. The number of fused-ring (bicyclic) bond motifs is 10. The van der Waals surface area contributed by atoms with Gasteiger partial charge in [-0.1, -0.05) is 144 Å². The van der Waals surface area contributed by atoms with E-state index < -0.39 is 5.41 Å². The van der Waals surface area contributed by atoms with Crippen LogP contribution in [0.5, 0.6) is 0 Å². The predicted octanol–water partition coefficient (Wildman–Crippen LogP) is 1.45. The van der Waals surface area contributed by atoms with E-state index in [1.165, 1.54) is 6.82 Å². The van der Waals surface area contributed by atoms with Gasteiger partial charge in [-0.2, -0.15) is 0 Å². The van der Waals surface area contributed by atoms with Crippen molar-refractivity contribution >= 4 is 164 Å². The quantitative estimate of drug-likeness (QED) is 0.175. The number of hydrogen-bond donors (Lipinski definition) is 0. The number of anilines is 3. The smallest absolute Gasteiger partial charge is 0.115 e. The van der Waals surface area contributed by atoms with Crippen molar-refractivity contribution in [2.45, 2.75) is 19.2 Å². The first kappa shape index (κ1) is 43.9. The second kappa shape index (κ2) is 17.1. The number of benzene rings is 7. The number of allylic oxidation sites excluding steroid dienone is 5. The van der Waals surface area contributed by atoms with E-state index in [4.69, 9.17) is 78.5 Å². The van der Waals surface area contributed by atoms with Crippen LogP contribution < -0.4 is 59.5 Å². The molecule has 63 heavy (non-hydrogen) atoms. The molecule has 0 bridgehead atoms. The summed E-state index contributed by atoms with van der Waals surface area (Å²) < 4.78 is 0. The molecule has 1 spiro atoms. The van der Waals surface area contributed by atoms with Crippen LogP contribution in [0.4, 0.5) is 17.1 Å². The molecule has 22 radical (unpaired) electrons. The van der Waals surface area contributed by atoms with Crippen LogP contribution in [0, 0.1) is 0 Å². The van der Waals surface area contributed by atoms with Gasteiger partial charge in [0.05, 0.1) is 13.3 Å². The normalized spacial score (nSPS) is 12.9. The van der Waals surface area contributed by atoms with Crippen LogP contribution >= 0.6 is 0 Å². The molecule has 2 aliphatic carbocycles. The van der Waals surface area contributed by atoms with Crippen molar-refractivity contribution in [3.63, 3.8) is 0 Å². The van der Waals surface area contributed by atoms with E-state index in [-0.39, 0.29) is 32.8 Å². The molecule has 0 N–H and O–H groups in total. The first-order valence-corrected chi connectivity index (χ1v) is 20.3. The zero-order valence-corrected chi connectivity index (χ0v) is 35.2. The Labute approximate surface area is 386 Å². The van der Waals surface area contributed by atoms with Crippen LogP contribution in [0.1, 0.15) is 34.7 Å². The molecule has 0 unspecified atom stereocenters. The minimum absolute atomic E-state index is 0.220. The lowest BCUT2D eigenvalue weighted by Gasteiger charge is -2.35. The molecule has 9 rings (SSSR count). The first-order chi connectivity index (χ1) is 30.3. The Hall–Kier alpha value is -5.73. The van der Waals surface area contributed by atoms with E-state index >= 15 is 0 Å². The maximum absolute atomic E-state index is 7.32. The van der Waals surface area contributed by atoms with Crippen molar-refractivity contribution in [1.82, 2.24) is 0 Å².